The molecule has 0 aliphatic heterocycles. The highest BCUT2D eigenvalue weighted by Crippen LogP contribution is 2.27. The fourth-order valence-electron chi connectivity index (χ4n) is 1.69. The molecule has 20 heavy (non-hydrogen) atoms. The fourth-order valence-corrected chi connectivity index (χ4v) is 2.51. The molecule has 0 amide bonds. The molecule has 5 nitrogen and oxygen atoms in total. The third-order valence-corrected chi connectivity index (χ3v) is 4.11. The Balaban J connectivity index is 2.01. The molecule has 1 unspecified atom stereocenters. The summed E-state index contributed by atoms with van der Waals surface area (Å²) in [6.45, 7) is 9.03. The highest BCUT2D eigenvalue weighted by molar-refractivity contribution is 7.10. The van der Waals surface area contributed by atoms with Gasteiger partial charge >= 0.3 is 6.01 Å². The van der Waals surface area contributed by atoms with Gasteiger partial charge < -0.3 is 14.6 Å². The first-order valence-electron chi connectivity index (χ1n) is 6.70. The van der Waals surface area contributed by atoms with Crippen molar-refractivity contribution in [1.82, 2.24) is 15.5 Å². The standard InChI is InChI=1S/C14H22N4OS/c1-10(11-7-6-8-20-11)18(5)13-17-16-12(19-13)9-15-14(2,3)4/h6-8,10,15H,9H2,1-5H3. The van der Waals surface area contributed by atoms with Crippen molar-refractivity contribution in [2.45, 2.75) is 45.8 Å². The maximum absolute atomic E-state index is 5.71. The minimum atomic E-state index is 0.0325. The lowest BCUT2D eigenvalue weighted by atomic mass is 10.1. The van der Waals surface area contributed by atoms with Crippen molar-refractivity contribution < 1.29 is 4.42 Å². The second kappa shape index (κ2) is 5.93. The number of hydrogen-bond acceptors (Lipinski definition) is 6. The van der Waals surface area contributed by atoms with Gasteiger partial charge in [-0.3, -0.25) is 0 Å². The monoisotopic (exact) mass is 294 g/mol. The van der Waals surface area contributed by atoms with Crippen LogP contribution in [0, 0.1) is 0 Å². The minimum absolute atomic E-state index is 0.0325. The Labute approximate surface area is 124 Å². The summed E-state index contributed by atoms with van der Waals surface area (Å²) in [5.41, 5.74) is 0.0325. The van der Waals surface area contributed by atoms with E-state index in [1.807, 2.05) is 11.9 Å². The molecule has 0 aliphatic rings. The highest BCUT2D eigenvalue weighted by Gasteiger charge is 2.19. The van der Waals surface area contributed by atoms with Gasteiger partial charge in [0.05, 0.1) is 12.6 Å². The van der Waals surface area contributed by atoms with Crippen molar-refractivity contribution in [1.29, 1.82) is 0 Å². The molecule has 0 spiro atoms. The number of nitrogens with one attached hydrogen (secondary N) is 1. The SMILES string of the molecule is CC(c1cccs1)N(C)c1nnc(CNC(C)(C)C)o1. The van der Waals surface area contributed by atoms with Crippen LogP contribution in [0.3, 0.4) is 0 Å². The van der Waals surface area contributed by atoms with E-state index in [0.717, 1.165) is 0 Å². The zero-order valence-corrected chi connectivity index (χ0v) is 13.5. The quantitative estimate of drug-likeness (QED) is 0.917. The van der Waals surface area contributed by atoms with E-state index in [1.165, 1.54) is 4.88 Å². The van der Waals surface area contributed by atoms with Crippen molar-refractivity contribution in [2.75, 3.05) is 11.9 Å². The minimum Gasteiger partial charge on any atom is -0.407 e. The number of hydrogen-bond donors (Lipinski definition) is 1. The molecule has 0 saturated carbocycles. The summed E-state index contributed by atoms with van der Waals surface area (Å²) < 4.78 is 5.71. The van der Waals surface area contributed by atoms with Crippen LogP contribution < -0.4 is 10.2 Å². The van der Waals surface area contributed by atoms with Crippen LogP contribution in [0.25, 0.3) is 0 Å². The zero-order valence-electron chi connectivity index (χ0n) is 12.7. The van der Waals surface area contributed by atoms with Crippen LogP contribution in [-0.4, -0.2) is 22.8 Å². The number of rotatable bonds is 5. The molecule has 6 heteroatoms. The Morgan fingerprint density at radius 2 is 2.15 bits per heavy atom. The van der Waals surface area contributed by atoms with Crippen LogP contribution in [0.1, 0.15) is 44.5 Å². The van der Waals surface area contributed by atoms with E-state index in [4.69, 9.17) is 4.42 Å². The first-order valence-corrected chi connectivity index (χ1v) is 7.58. The molecule has 2 rings (SSSR count). The van der Waals surface area contributed by atoms with Gasteiger partial charge in [-0.2, -0.15) is 0 Å². The van der Waals surface area contributed by atoms with Gasteiger partial charge in [0.1, 0.15) is 0 Å². The van der Waals surface area contributed by atoms with E-state index in [2.05, 4.69) is 60.7 Å². The molecule has 2 heterocycles. The molecule has 0 bridgehead atoms. The highest BCUT2D eigenvalue weighted by atomic mass is 32.1. The molecule has 0 saturated heterocycles. The van der Waals surface area contributed by atoms with Crippen LogP contribution >= 0.6 is 11.3 Å². The Morgan fingerprint density at radius 3 is 2.75 bits per heavy atom. The van der Waals surface area contributed by atoms with E-state index >= 15 is 0 Å². The molecule has 2 aromatic heterocycles. The van der Waals surface area contributed by atoms with Crippen molar-refractivity contribution in [3.05, 3.63) is 28.3 Å². The van der Waals surface area contributed by atoms with Gasteiger partial charge in [-0.05, 0) is 39.1 Å². The van der Waals surface area contributed by atoms with Gasteiger partial charge in [0.2, 0.25) is 5.89 Å². The van der Waals surface area contributed by atoms with Crippen molar-refractivity contribution in [3.63, 3.8) is 0 Å². The molecule has 1 N–H and O–H groups in total. The largest absolute Gasteiger partial charge is 0.407 e. The number of thiophene rings is 1. The molecule has 0 aromatic carbocycles. The van der Waals surface area contributed by atoms with Gasteiger partial charge in [-0.25, -0.2) is 0 Å². The first-order chi connectivity index (χ1) is 9.37. The van der Waals surface area contributed by atoms with Crippen LogP contribution in [0.15, 0.2) is 21.9 Å². The number of anilines is 1. The summed E-state index contributed by atoms with van der Waals surface area (Å²) in [7, 11) is 1.97. The van der Waals surface area contributed by atoms with Crippen LogP contribution in [-0.2, 0) is 6.54 Å². The molecule has 110 valence electrons. The topological polar surface area (TPSA) is 54.2 Å². The number of aromatic nitrogens is 2. The molecule has 0 fully saturated rings. The Hall–Kier alpha value is -1.40. The first kappa shape index (κ1) is 15.0. The van der Waals surface area contributed by atoms with Crippen LogP contribution in [0.4, 0.5) is 6.01 Å². The van der Waals surface area contributed by atoms with E-state index in [9.17, 15) is 0 Å². The maximum atomic E-state index is 5.71. The molecular formula is C14H22N4OS. The Morgan fingerprint density at radius 1 is 1.40 bits per heavy atom. The van der Waals surface area contributed by atoms with E-state index in [0.29, 0.717) is 18.5 Å². The smallest absolute Gasteiger partial charge is 0.318 e. The summed E-state index contributed by atoms with van der Waals surface area (Å²) in [4.78, 5) is 3.28. The lowest BCUT2D eigenvalue weighted by molar-refractivity contribution is 0.380. The number of nitrogens with zero attached hydrogens (tertiary/aromatic N) is 3. The summed E-state index contributed by atoms with van der Waals surface area (Å²) in [5, 5.41) is 13.6. The lowest BCUT2D eigenvalue weighted by Gasteiger charge is -2.21. The van der Waals surface area contributed by atoms with Gasteiger partial charge in [0.15, 0.2) is 0 Å². The fraction of sp³-hybridized carbons (Fsp3) is 0.571. The van der Waals surface area contributed by atoms with Gasteiger partial charge in [-0.15, -0.1) is 16.4 Å². The van der Waals surface area contributed by atoms with E-state index in [-0.39, 0.29) is 11.6 Å². The molecule has 1 atom stereocenters. The molecule has 2 aromatic rings. The van der Waals surface area contributed by atoms with Crippen LogP contribution in [0.2, 0.25) is 0 Å². The van der Waals surface area contributed by atoms with E-state index < -0.39 is 0 Å². The predicted molar refractivity (Wildman–Crippen MR) is 82.0 cm³/mol. The van der Waals surface area contributed by atoms with E-state index in [1.54, 1.807) is 11.3 Å². The van der Waals surface area contributed by atoms with Gasteiger partial charge in [0, 0.05) is 17.5 Å². The predicted octanol–water partition coefficient (Wildman–Crippen LogP) is 3.22. The van der Waals surface area contributed by atoms with Crippen molar-refractivity contribution >= 4 is 17.4 Å². The molecule has 0 aliphatic carbocycles. The maximum Gasteiger partial charge on any atom is 0.318 e. The van der Waals surface area contributed by atoms with Crippen molar-refractivity contribution in [2.24, 2.45) is 0 Å². The van der Waals surface area contributed by atoms with Crippen LogP contribution in [0.5, 0.6) is 0 Å². The lowest BCUT2D eigenvalue weighted by Crippen LogP contribution is -2.35. The Bertz CT molecular complexity index is 530. The average Bonchev–Trinajstić information content (AvgIpc) is 3.04. The summed E-state index contributed by atoms with van der Waals surface area (Å²) in [5.74, 6) is 0.611. The average molecular weight is 294 g/mol. The zero-order chi connectivity index (χ0) is 14.8. The summed E-state index contributed by atoms with van der Waals surface area (Å²) in [6.07, 6.45) is 0. The van der Waals surface area contributed by atoms with Gasteiger partial charge in [0.25, 0.3) is 0 Å². The normalized spacial score (nSPS) is 13.4. The van der Waals surface area contributed by atoms with Crippen molar-refractivity contribution in [3.8, 4) is 0 Å². The van der Waals surface area contributed by atoms with Gasteiger partial charge in [-0.1, -0.05) is 11.2 Å². The molecular weight excluding hydrogens is 272 g/mol. The summed E-state index contributed by atoms with van der Waals surface area (Å²) in [6, 6.07) is 4.94. The second-order valence-corrected chi connectivity index (χ2v) is 6.86. The molecule has 0 radical (unpaired) electrons. The third kappa shape index (κ3) is 3.80. The summed E-state index contributed by atoms with van der Waals surface area (Å²) >= 11 is 1.73. The third-order valence-electron chi connectivity index (χ3n) is 3.06. The second-order valence-electron chi connectivity index (χ2n) is 5.88. The Kier molecular flexibility index (Phi) is 4.45.